The lowest BCUT2D eigenvalue weighted by atomic mass is 10.2. The van der Waals surface area contributed by atoms with E-state index >= 15 is 0 Å². The number of halogens is 1. The van der Waals surface area contributed by atoms with Gasteiger partial charge in [0.15, 0.2) is 11.5 Å². The second kappa shape index (κ2) is 12.3. The molecule has 0 radical (unpaired) electrons. The van der Waals surface area contributed by atoms with Crippen LogP contribution in [-0.4, -0.2) is 31.1 Å². The van der Waals surface area contributed by atoms with Crippen molar-refractivity contribution in [2.24, 2.45) is 5.10 Å². The van der Waals surface area contributed by atoms with Crippen molar-refractivity contribution in [2.75, 3.05) is 19.0 Å². The number of hydrazone groups is 1. The van der Waals surface area contributed by atoms with Crippen LogP contribution >= 0.6 is 23.4 Å². The van der Waals surface area contributed by atoms with Gasteiger partial charge in [0.2, 0.25) is 5.91 Å². The zero-order valence-corrected chi connectivity index (χ0v) is 17.7. The maximum atomic E-state index is 11.9. The summed E-state index contributed by atoms with van der Waals surface area (Å²) in [4.78, 5) is 13.0. The fourth-order valence-corrected chi connectivity index (χ4v) is 3.21. The highest BCUT2D eigenvalue weighted by atomic mass is 35.5. The minimum atomic E-state index is -0.134. The molecule has 5 nitrogen and oxygen atoms in total. The molecule has 1 N–H and O–H groups in total. The standard InChI is InChI=1S/C21H25ClN2O3S/c1-3-12-27-19-10-5-16(14-20(19)26-4-2)15-23-24-21(25)11-13-28-18-8-6-17(22)7-9-18/h5-10,14-15H,3-4,11-13H2,1-2H3,(H,24,25)/b23-15-. The van der Waals surface area contributed by atoms with Gasteiger partial charge in [-0.25, -0.2) is 5.43 Å². The van der Waals surface area contributed by atoms with Crippen molar-refractivity contribution in [3.63, 3.8) is 0 Å². The van der Waals surface area contributed by atoms with Gasteiger partial charge in [0, 0.05) is 22.1 Å². The van der Waals surface area contributed by atoms with Crippen LogP contribution < -0.4 is 14.9 Å². The van der Waals surface area contributed by atoms with Gasteiger partial charge in [0.1, 0.15) is 0 Å². The summed E-state index contributed by atoms with van der Waals surface area (Å²) >= 11 is 7.46. The molecule has 1 amide bonds. The molecule has 0 saturated heterocycles. The Bertz CT molecular complexity index is 782. The summed E-state index contributed by atoms with van der Waals surface area (Å²) in [7, 11) is 0. The van der Waals surface area contributed by atoms with Gasteiger partial charge in [0.25, 0.3) is 0 Å². The van der Waals surface area contributed by atoms with E-state index in [4.69, 9.17) is 21.1 Å². The van der Waals surface area contributed by atoms with Gasteiger partial charge in [-0.15, -0.1) is 11.8 Å². The van der Waals surface area contributed by atoms with E-state index in [1.807, 2.05) is 49.4 Å². The maximum Gasteiger partial charge on any atom is 0.240 e. The zero-order valence-electron chi connectivity index (χ0n) is 16.1. The molecule has 28 heavy (non-hydrogen) atoms. The molecule has 0 spiro atoms. The van der Waals surface area contributed by atoms with E-state index in [0.29, 0.717) is 41.9 Å². The highest BCUT2D eigenvalue weighted by molar-refractivity contribution is 7.99. The Hall–Kier alpha value is -2.18. The van der Waals surface area contributed by atoms with Gasteiger partial charge in [0.05, 0.1) is 19.4 Å². The van der Waals surface area contributed by atoms with Crippen LogP contribution in [0.2, 0.25) is 5.02 Å². The number of carbonyl (C=O) groups is 1. The van der Waals surface area contributed by atoms with Crippen LogP contribution in [0.3, 0.4) is 0 Å². The Kier molecular flexibility index (Phi) is 9.72. The third-order valence-electron chi connectivity index (χ3n) is 3.54. The SMILES string of the molecule is CCCOc1ccc(/C=N\NC(=O)CCSc2ccc(Cl)cc2)cc1OCC. The molecule has 0 saturated carbocycles. The number of benzene rings is 2. The molecule has 7 heteroatoms. The van der Waals surface area contributed by atoms with Crippen molar-refractivity contribution in [3.8, 4) is 11.5 Å². The summed E-state index contributed by atoms with van der Waals surface area (Å²) in [5.41, 5.74) is 3.37. The molecule has 0 bridgehead atoms. The minimum absolute atomic E-state index is 0.134. The lowest BCUT2D eigenvalue weighted by Gasteiger charge is -2.11. The highest BCUT2D eigenvalue weighted by Gasteiger charge is 2.06. The normalized spacial score (nSPS) is 10.8. The molecule has 0 unspecified atom stereocenters. The number of thioether (sulfide) groups is 1. The maximum absolute atomic E-state index is 11.9. The molecule has 0 atom stereocenters. The zero-order chi connectivity index (χ0) is 20.2. The molecule has 0 aromatic heterocycles. The van der Waals surface area contributed by atoms with Gasteiger partial charge in [-0.1, -0.05) is 18.5 Å². The smallest absolute Gasteiger partial charge is 0.240 e. The summed E-state index contributed by atoms with van der Waals surface area (Å²) in [5.74, 6) is 1.92. The van der Waals surface area contributed by atoms with Crippen molar-refractivity contribution < 1.29 is 14.3 Å². The second-order valence-electron chi connectivity index (χ2n) is 5.83. The number of hydrogen-bond donors (Lipinski definition) is 1. The van der Waals surface area contributed by atoms with Crippen LogP contribution in [0.1, 0.15) is 32.3 Å². The van der Waals surface area contributed by atoms with E-state index in [2.05, 4.69) is 17.5 Å². The third-order valence-corrected chi connectivity index (χ3v) is 4.81. The van der Waals surface area contributed by atoms with E-state index in [-0.39, 0.29) is 5.91 Å². The van der Waals surface area contributed by atoms with E-state index in [1.165, 1.54) is 0 Å². The van der Waals surface area contributed by atoms with Gasteiger partial charge in [-0.05, 0) is 61.4 Å². The molecule has 2 aromatic carbocycles. The van der Waals surface area contributed by atoms with Gasteiger partial charge in [-0.2, -0.15) is 5.10 Å². The molecule has 0 heterocycles. The first kappa shape index (κ1) is 22.1. The number of nitrogens with zero attached hydrogens (tertiary/aromatic N) is 1. The van der Waals surface area contributed by atoms with Gasteiger partial charge >= 0.3 is 0 Å². The number of rotatable bonds is 11. The van der Waals surface area contributed by atoms with Crippen LogP contribution in [0, 0.1) is 0 Å². The first-order chi connectivity index (χ1) is 13.6. The van der Waals surface area contributed by atoms with E-state index in [1.54, 1.807) is 18.0 Å². The fraction of sp³-hybridized carbons (Fsp3) is 0.333. The summed E-state index contributed by atoms with van der Waals surface area (Å²) in [6.07, 6.45) is 2.89. The second-order valence-corrected chi connectivity index (χ2v) is 7.44. The third kappa shape index (κ3) is 7.82. The number of ether oxygens (including phenoxy) is 2. The Morgan fingerprint density at radius 3 is 2.64 bits per heavy atom. The van der Waals surface area contributed by atoms with Crippen LogP contribution in [0.4, 0.5) is 0 Å². The molecule has 0 aliphatic carbocycles. The van der Waals surface area contributed by atoms with Crippen molar-refractivity contribution in [1.29, 1.82) is 0 Å². The van der Waals surface area contributed by atoms with Crippen LogP contribution in [-0.2, 0) is 4.79 Å². The first-order valence-electron chi connectivity index (χ1n) is 9.22. The summed E-state index contributed by atoms with van der Waals surface area (Å²) in [5, 5.41) is 4.73. The largest absolute Gasteiger partial charge is 0.490 e. The fourth-order valence-electron chi connectivity index (χ4n) is 2.23. The van der Waals surface area contributed by atoms with Gasteiger partial charge < -0.3 is 9.47 Å². The summed E-state index contributed by atoms with van der Waals surface area (Å²) in [6, 6.07) is 13.1. The number of nitrogens with one attached hydrogen (secondary N) is 1. The van der Waals surface area contributed by atoms with Crippen molar-refractivity contribution in [3.05, 3.63) is 53.1 Å². The molecular weight excluding hydrogens is 396 g/mol. The Balaban J connectivity index is 1.81. The molecule has 0 fully saturated rings. The first-order valence-corrected chi connectivity index (χ1v) is 10.6. The monoisotopic (exact) mass is 420 g/mol. The predicted octanol–water partition coefficient (Wildman–Crippen LogP) is 5.16. The molecular formula is C21H25ClN2O3S. The molecule has 0 aliphatic heterocycles. The van der Waals surface area contributed by atoms with Crippen molar-refractivity contribution >= 4 is 35.5 Å². The lowest BCUT2D eigenvalue weighted by Crippen LogP contribution is -2.17. The molecule has 2 aromatic rings. The summed E-state index contributed by atoms with van der Waals surface area (Å²) in [6.45, 7) is 5.16. The quantitative estimate of drug-likeness (QED) is 0.310. The van der Waals surface area contributed by atoms with E-state index < -0.39 is 0 Å². The van der Waals surface area contributed by atoms with E-state index in [9.17, 15) is 4.79 Å². The lowest BCUT2D eigenvalue weighted by molar-refractivity contribution is -0.120. The molecule has 2 rings (SSSR count). The summed E-state index contributed by atoms with van der Waals surface area (Å²) < 4.78 is 11.3. The predicted molar refractivity (Wildman–Crippen MR) is 116 cm³/mol. The Morgan fingerprint density at radius 1 is 1.14 bits per heavy atom. The molecule has 150 valence electrons. The number of amides is 1. The van der Waals surface area contributed by atoms with Crippen molar-refractivity contribution in [1.82, 2.24) is 5.43 Å². The topological polar surface area (TPSA) is 59.9 Å². The van der Waals surface area contributed by atoms with Crippen LogP contribution in [0.5, 0.6) is 11.5 Å². The van der Waals surface area contributed by atoms with Gasteiger partial charge in [-0.3, -0.25) is 4.79 Å². The molecule has 0 aliphatic rings. The Labute approximate surface area is 175 Å². The van der Waals surface area contributed by atoms with Crippen molar-refractivity contribution in [2.45, 2.75) is 31.6 Å². The average Bonchev–Trinajstić information content (AvgIpc) is 2.69. The van der Waals surface area contributed by atoms with Crippen LogP contribution in [0.25, 0.3) is 0 Å². The van der Waals surface area contributed by atoms with E-state index in [0.717, 1.165) is 16.9 Å². The average molecular weight is 421 g/mol. The highest BCUT2D eigenvalue weighted by Crippen LogP contribution is 2.28. The minimum Gasteiger partial charge on any atom is -0.490 e. The Morgan fingerprint density at radius 2 is 1.93 bits per heavy atom. The number of hydrogen-bond acceptors (Lipinski definition) is 5. The number of carbonyl (C=O) groups excluding carboxylic acids is 1. The van der Waals surface area contributed by atoms with Crippen LogP contribution in [0.15, 0.2) is 52.5 Å².